The van der Waals surface area contributed by atoms with Crippen molar-refractivity contribution in [3.8, 4) is 22.6 Å². The van der Waals surface area contributed by atoms with Gasteiger partial charge in [-0.1, -0.05) is 59.7 Å². The summed E-state index contributed by atoms with van der Waals surface area (Å²) in [7, 11) is 0. The average molecular weight is 570 g/mol. The number of hydrogen-bond donors (Lipinski definition) is 0. The van der Waals surface area contributed by atoms with E-state index in [1.807, 2.05) is 48.5 Å². The van der Waals surface area contributed by atoms with Gasteiger partial charge in [0, 0.05) is 0 Å². The van der Waals surface area contributed by atoms with Crippen molar-refractivity contribution >= 4 is 21.5 Å². The van der Waals surface area contributed by atoms with Crippen molar-refractivity contribution in [2.24, 2.45) is 0 Å². The van der Waals surface area contributed by atoms with Gasteiger partial charge in [-0.15, -0.1) is 57.9 Å². The van der Waals surface area contributed by atoms with E-state index in [4.69, 9.17) is 8.83 Å². The van der Waals surface area contributed by atoms with Gasteiger partial charge in [0.15, 0.2) is 0 Å². The van der Waals surface area contributed by atoms with Crippen molar-refractivity contribution in [2.75, 3.05) is 0 Å². The first kappa shape index (κ1) is 25.2. The Morgan fingerprint density at radius 3 is 1.29 bits per heavy atom. The first-order valence-electron chi connectivity index (χ1n) is 9.25. The van der Waals surface area contributed by atoms with Crippen LogP contribution in [-0.2, 0) is 21.7 Å². The largest absolute Gasteiger partial charge is 4.00 e. The molecule has 2 nitrogen and oxygen atoms in total. The topological polar surface area (TPSA) is 26.3 Å². The molecule has 0 aliphatic heterocycles. The van der Waals surface area contributed by atoms with E-state index in [-0.39, 0.29) is 55.7 Å². The molecule has 6 rings (SSSR count). The van der Waals surface area contributed by atoms with Crippen LogP contribution >= 0.6 is 0 Å². The third-order valence-electron chi connectivity index (χ3n) is 4.85. The molecule has 6 aromatic rings. The SMILES string of the molecule is [Br-].[Br-].[Ti+4].c1coc(-c2cc3ccccc3[cH-]2)c1.c1coc(-c2cc3ccccc3[cH-]2)c1. The Labute approximate surface area is 217 Å². The molecule has 0 saturated heterocycles. The molecule has 0 radical (unpaired) electrons. The summed E-state index contributed by atoms with van der Waals surface area (Å²) in [5, 5.41) is 5.05. The van der Waals surface area contributed by atoms with Crippen LogP contribution in [0.25, 0.3) is 44.2 Å². The van der Waals surface area contributed by atoms with Gasteiger partial charge in [-0.05, 0) is 12.1 Å². The zero-order valence-electron chi connectivity index (χ0n) is 16.5. The molecular formula is C26H18Br2O2Ti. The average Bonchev–Trinajstić information content (AvgIpc) is 3.54. The zero-order valence-corrected chi connectivity index (χ0v) is 21.2. The molecule has 0 N–H and O–H groups in total. The van der Waals surface area contributed by atoms with Crippen LogP contribution < -0.4 is 34.0 Å². The predicted octanol–water partition coefficient (Wildman–Crippen LogP) is 1.64. The molecule has 0 spiro atoms. The van der Waals surface area contributed by atoms with Crippen LogP contribution in [-0.4, -0.2) is 0 Å². The predicted molar refractivity (Wildman–Crippen MR) is 114 cm³/mol. The van der Waals surface area contributed by atoms with Gasteiger partial charge in [0.1, 0.15) is 0 Å². The molecule has 2 aromatic heterocycles. The molecule has 152 valence electrons. The van der Waals surface area contributed by atoms with Gasteiger partial charge >= 0.3 is 21.7 Å². The second-order valence-electron chi connectivity index (χ2n) is 6.70. The van der Waals surface area contributed by atoms with Crippen molar-refractivity contribution in [3.05, 3.63) is 110 Å². The molecule has 0 amide bonds. The van der Waals surface area contributed by atoms with Gasteiger partial charge in [-0.25, -0.2) is 0 Å². The van der Waals surface area contributed by atoms with E-state index in [1.54, 1.807) is 12.5 Å². The van der Waals surface area contributed by atoms with Crippen molar-refractivity contribution in [1.29, 1.82) is 0 Å². The molecule has 0 unspecified atom stereocenters. The maximum atomic E-state index is 5.35. The number of halogens is 2. The maximum absolute atomic E-state index is 5.35. The summed E-state index contributed by atoms with van der Waals surface area (Å²) in [6.07, 6.45) is 3.40. The molecule has 0 bridgehead atoms. The van der Waals surface area contributed by atoms with Gasteiger partial charge in [-0.3, -0.25) is 0 Å². The van der Waals surface area contributed by atoms with E-state index in [2.05, 4.69) is 48.5 Å². The first-order chi connectivity index (χ1) is 13.9. The van der Waals surface area contributed by atoms with Crippen molar-refractivity contribution in [2.45, 2.75) is 0 Å². The fourth-order valence-electron chi connectivity index (χ4n) is 3.47. The minimum atomic E-state index is 0. The van der Waals surface area contributed by atoms with Gasteiger partial charge in [0.05, 0.1) is 24.0 Å². The number of hydrogen-bond acceptors (Lipinski definition) is 2. The van der Waals surface area contributed by atoms with E-state index in [0.717, 1.165) is 22.6 Å². The van der Waals surface area contributed by atoms with Crippen molar-refractivity contribution < 1.29 is 64.5 Å². The quantitative estimate of drug-likeness (QED) is 0.234. The van der Waals surface area contributed by atoms with Crippen LogP contribution in [0, 0.1) is 0 Å². The van der Waals surface area contributed by atoms with Gasteiger partial charge in [-0.2, -0.15) is 0 Å². The van der Waals surface area contributed by atoms with Gasteiger partial charge in [0.2, 0.25) is 0 Å². The second kappa shape index (κ2) is 11.5. The van der Waals surface area contributed by atoms with E-state index < -0.39 is 0 Å². The molecular weight excluding hydrogens is 552 g/mol. The third-order valence-corrected chi connectivity index (χ3v) is 4.85. The molecule has 31 heavy (non-hydrogen) atoms. The van der Waals surface area contributed by atoms with Gasteiger partial charge in [0.25, 0.3) is 0 Å². The number of furan rings is 2. The first-order valence-corrected chi connectivity index (χ1v) is 9.25. The fraction of sp³-hybridized carbons (Fsp3) is 0. The summed E-state index contributed by atoms with van der Waals surface area (Å²) in [6, 6.07) is 33.0. The van der Waals surface area contributed by atoms with Crippen LogP contribution in [0.3, 0.4) is 0 Å². The van der Waals surface area contributed by atoms with E-state index in [9.17, 15) is 0 Å². The summed E-state index contributed by atoms with van der Waals surface area (Å²) in [5.74, 6) is 1.86. The van der Waals surface area contributed by atoms with Gasteiger partial charge < -0.3 is 42.8 Å². The Balaban J connectivity index is 0.000000201. The fourth-order valence-corrected chi connectivity index (χ4v) is 3.47. The molecule has 5 heteroatoms. The summed E-state index contributed by atoms with van der Waals surface area (Å²) >= 11 is 0. The zero-order chi connectivity index (χ0) is 18.8. The minimum absolute atomic E-state index is 0. The molecule has 2 heterocycles. The summed E-state index contributed by atoms with van der Waals surface area (Å²) in [4.78, 5) is 0. The van der Waals surface area contributed by atoms with E-state index in [1.165, 1.54) is 21.5 Å². The summed E-state index contributed by atoms with van der Waals surface area (Å²) < 4.78 is 10.7. The Morgan fingerprint density at radius 2 is 0.935 bits per heavy atom. The number of benzene rings is 2. The minimum Gasteiger partial charge on any atom is -1.00 e. The normalized spacial score (nSPS) is 9.81. The third kappa shape index (κ3) is 5.58. The van der Waals surface area contributed by atoms with Crippen LogP contribution in [0.4, 0.5) is 0 Å². The van der Waals surface area contributed by atoms with Crippen LogP contribution in [0.5, 0.6) is 0 Å². The van der Waals surface area contributed by atoms with Crippen LogP contribution in [0.1, 0.15) is 0 Å². The summed E-state index contributed by atoms with van der Waals surface area (Å²) in [5.41, 5.74) is 2.30. The monoisotopic (exact) mass is 568 g/mol. The maximum Gasteiger partial charge on any atom is 4.00 e. The van der Waals surface area contributed by atoms with Crippen molar-refractivity contribution in [3.63, 3.8) is 0 Å². The van der Waals surface area contributed by atoms with Crippen LogP contribution in [0.15, 0.2) is 118 Å². The standard InChI is InChI=1S/2C13H9O.2BrH.Ti/c2*1-2-5-11-9-12(8-10(11)4-1)13-6-3-7-14-13;;;/h2*1-9H;2*1H;/q2*-1;;;+4/p-2. The molecule has 4 aromatic carbocycles. The summed E-state index contributed by atoms with van der Waals surface area (Å²) in [6.45, 7) is 0. The number of fused-ring (bicyclic) bond motifs is 2. The Hall–Kier alpha value is -2.11. The van der Waals surface area contributed by atoms with E-state index >= 15 is 0 Å². The van der Waals surface area contributed by atoms with Crippen LogP contribution in [0.2, 0.25) is 0 Å². The second-order valence-corrected chi connectivity index (χ2v) is 6.70. The Kier molecular flexibility index (Phi) is 9.33. The molecule has 0 aliphatic carbocycles. The Morgan fingerprint density at radius 1 is 0.516 bits per heavy atom. The molecule has 0 atom stereocenters. The van der Waals surface area contributed by atoms with E-state index in [0.29, 0.717) is 0 Å². The molecule has 0 aliphatic rings. The molecule has 0 saturated carbocycles. The van der Waals surface area contributed by atoms with Crippen molar-refractivity contribution in [1.82, 2.24) is 0 Å². The molecule has 0 fully saturated rings. The smallest absolute Gasteiger partial charge is 1.00 e. The number of rotatable bonds is 2. The Bertz CT molecular complexity index is 1140.